The van der Waals surface area contributed by atoms with Crippen LogP contribution in [0, 0.1) is 5.92 Å². The summed E-state index contributed by atoms with van der Waals surface area (Å²) in [5, 5.41) is 4.25. The SMILES string of the molecule is CC(C)CNc1nccc(-c2sc(C(C)C)nc2-c2cccc(NS(=O)(=O)c3cccnc3)c2)n1. The van der Waals surface area contributed by atoms with E-state index in [9.17, 15) is 8.42 Å². The van der Waals surface area contributed by atoms with Crippen molar-refractivity contribution in [1.29, 1.82) is 0 Å². The molecular formula is C25H28N6O2S2. The number of benzene rings is 1. The van der Waals surface area contributed by atoms with Crippen LogP contribution in [0.2, 0.25) is 0 Å². The smallest absolute Gasteiger partial charge is 0.263 e. The number of aromatic nitrogens is 4. The molecule has 3 heterocycles. The lowest BCUT2D eigenvalue weighted by Gasteiger charge is -2.10. The number of nitrogens with one attached hydrogen (secondary N) is 2. The minimum Gasteiger partial charge on any atom is -0.354 e. The lowest BCUT2D eigenvalue weighted by atomic mass is 10.1. The van der Waals surface area contributed by atoms with Gasteiger partial charge in [-0.3, -0.25) is 9.71 Å². The molecule has 4 rings (SSSR count). The molecule has 8 nitrogen and oxygen atoms in total. The average molecular weight is 509 g/mol. The molecule has 0 aliphatic rings. The van der Waals surface area contributed by atoms with Crippen LogP contribution in [0.4, 0.5) is 11.6 Å². The Kier molecular flexibility index (Phi) is 7.42. The van der Waals surface area contributed by atoms with E-state index in [1.807, 2.05) is 18.2 Å². The molecule has 0 aliphatic heterocycles. The van der Waals surface area contributed by atoms with E-state index in [1.165, 1.54) is 18.5 Å². The molecule has 10 heteroatoms. The third-order valence-corrected chi connectivity index (χ3v) is 7.77. The summed E-state index contributed by atoms with van der Waals surface area (Å²) >= 11 is 1.59. The van der Waals surface area contributed by atoms with Crippen LogP contribution in [-0.2, 0) is 10.0 Å². The highest BCUT2D eigenvalue weighted by atomic mass is 32.2. The number of hydrogen-bond acceptors (Lipinski definition) is 8. The second-order valence-electron chi connectivity index (χ2n) is 8.80. The maximum absolute atomic E-state index is 12.8. The molecule has 1 aromatic carbocycles. The number of sulfonamides is 1. The molecule has 0 fully saturated rings. The third kappa shape index (κ3) is 6.01. The van der Waals surface area contributed by atoms with Gasteiger partial charge in [0.2, 0.25) is 5.95 Å². The monoisotopic (exact) mass is 508 g/mol. The number of anilines is 2. The van der Waals surface area contributed by atoms with Crippen LogP contribution < -0.4 is 10.0 Å². The van der Waals surface area contributed by atoms with Gasteiger partial charge in [0.1, 0.15) is 4.90 Å². The van der Waals surface area contributed by atoms with Crippen LogP contribution in [0.3, 0.4) is 0 Å². The van der Waals surface area contributed by atoms with Crippen molar-refractivity contribution < 1.29 is 8.42 Å². The molecule has 35 heavy (non-hydrogen) atoms. The quantitative estimate of drug-likeness (QED) is 0.300. The minimum atomic E-state index is -3.76. The van der Waals surface area contributed by atoms with E-state index in [0.717, 1.165) is 33.4 Å². The number of pyridine rings is 1. The van der Waals surface area contributed by atoms with E-state index in [1.54, 1.807) is 35.7 Å². The van der Waals surface area contributed by atoms with Crippen molar-refractivity contribution in [3.63, 3.8) is 0 Å². The summed E-state index contributed by atoms with van der Waals surface area (Å²) in [5.41, 5.74) is 2.77. The molecule has 0 saturated heterocycles. The van der Waals surface area contributed by atoms with Gasteiger partial charge in [0.25, 0.3) is 10.0 Å². The standard InChI is InChI=1S/C25H28N6O2S2/c1-16(2)14-28-25-27-12-10-21(29-25)23-22(30-24(34-23)17(3)4)18-7-5-8-19(13-18)31-35(32,33)20-9-6-11-26-15-20/h5-13,15-17,31H,14H2,1-4H3,(H,27,28,29). The Morgan fingerprint density at radius 3 is 2.54 bits per heavy atom. The molecule has 0 atom stereocenters. The average Bonchev–Trinajstić information content (AvgIpc) is 3.30. The van der Waals surface area contributed by atoms with Crippen molar-refractivity contribution in [3.8, 4) is 21.8 Å². The molecule has 2 N–H and O–H groups in total. The largest absolute Gasteiger partial charge is 0.354 e. The van der Waals surface area contributed by atoms with Crippen LogP contribution in [0.5, 0.6) is 0 Å². The minimum absolute atomic E-state index is 0.101. The summed E-state index contributed by atoms with van der Waals surface area (Å²) in [6, 6.07) is 12.2. The van der Waals surface area contributed by atoms with Crippen LogP contribution >= 0.6 is 11.3 Å². The fraction of sp³-hybridized carbons (Fsp3) is 0.280. The lowest BCUT2D eigenvalue weighted by molar-refractivity contribution is 0.601. The zero-order valence-electron chi connectivity index (χ0n) is 20.1. The van der Waals surface area contributed by atoms with E-state index in [0.29, 0.717) is 17.6 Å². The fourth-order valence-corrected chi connectivity index (χ4v) is 5.34. The lowest BCUT2D eigenvalue weighted by Crippen LogP contribution is -2.13. The number of rotatable bonds is 9. The van der Waals surface area contributed by atoms with E-state index in [2.05, 4.69) is 47.7 Å². The number of thiazole rings is 1. The molecule has 0 radical (unpaired) electrons. The zero-order valence-corrected chi connectivity index (χ0v) is 21.7. The summed E-state index contributed by atoms with van der Waals surface area (Å²) in [5.74, 6) is 1.27. The highest BCUT2D eigenvalue weighted by Gasteiger charge is 2.20. The second kappa shape index (κ2) is 10.5. The summed E-state index contributed by atoms with van der Waals surface area (Å²) in [7, 11) is -3.76. The van der Waals surface area contributed by atoms with Gasteiger partial charge in [-0.2, -0.15) is 0 Å². The van der Waals surface area contributed by atoms with Crippen molar-refractivity contribution in [2.24, 2.45) is 5.92 Å². The van der Waals surface area contributed by atoms with E-state index >= 15 is 0 Å². The molecule has 4 aromatic rings. The van der Waals surface area contributed by atoms with Crippen molar-refractivity contribution >= 4 is 33.0 Å². The van der Waals surface area contributed by atoms with Crippen LogP contribution in [0.15, 0.2) is 66.0 Å². The molecule has 0 bridgehead atoms. The predicted molar refractivity (Wildman–Crippen MR) is 141 cm³/mol. The highest BCUT2D eigenvalue weighted by Crippen LogP contribution is 2.39. The first-order valence-electron chi connectivity index (χ1n) is 11.3. The topological polar surface area (TPSA) is 110 Å². The maximum atomic E-state index is 12.8. The molecule has 0 saturated carbocycles. The Bertz CT molecular complexity index is 1400. The Morgan fingerprint density at radius 1 is 1.00 bits per heavy atom. The first-order valence-corrected chi connectivity index (χ1v) is 13.6. The van der Waals surface area contributed by atoms with Crippen molar-refractivity contribution in [3.05, 3.63) is 66.1 Å². The number of hydrogen-bond donors (Lipinski definition) is 2. The van der Waals surface area contributed by atoms with Gasteiger partial charge in [-0.05, 0) is 36.2 Å². The number of nitrogens with zero attached hydrogens (tertiary/aromatic N) is 4. The van der Waals surface area contributed by atoms with Gasteiger partial charge in [-0.25, -0.2) is 23.4 Å². The second-order valence-corrected chi connectivity index (χ2v) is 11.5. The first kappa shape index (κ1) is 24.7. The zero-order chi connectivity index (χ0) is 25.0. The van der Waals surface area contributed by atoms with Crippen LogP contribution in [0.1, 0.15) is 38.6 Å². The Labute approximate surface area is 210 Å². The highest BCUT2D eigenvalue weighted by molar-refractivity contribution is 7.92. The van der Waals surface area contributed by atoms with Crippen molar-refractivity contribution in [2.45, 2.75) is 38.5 Å². The summed E-state index contributed by atoms with van der Waals surface area (Å²) in [6.45, 7) is 9.22. The molecule has 0 unspecified atom stereocenters. The van der Waals surface area contributed by atoms with Gasteiger partial charge < -0.3 is 5.32 Å². The summed E-state index contributed by atoms with van der Waals surface area (Å²) < 4.78 is 28.2. The van der Waals surface area contributed by atoms with Crippen molar-refractivity contribution in [1.82, 2.24) is 19.9 Å². The molecule has 0 aliphatic carbocycles. The predicted octanol–water partition coefficient (Wildman–Crippen LogP) is 5.65. The Balaban J connectivity index is 1.71. The van der Waals surface area contributed by atoms with Gasteiger partial charge in [0.05, 0.1) is 21.3 Å². The Hall–Kier alpha value is -3.37. The molecule has 0 spiro atoms. The first-order chi connectivity index (χ1) is 16.7. The van der Waals surface area contributed by atoms with Gasteiger partial charge in [0, 0.05) is 42.3 Å². The van der Waals surface area contributed by atoms with Gasteiger partial charge in [0.15, 0.2) is 0 Å². The maximum Gasteiger partial charge on any atom is 0.263 e. The van der Waals surface area contributed by atoms with E-state index in [4.69, 9.17) is 9.97 Å². The van der Waals surface area contributed by atoms with Crippen LogP contribution in [-0.4, -0.2) is 34.9 Å². The fourth-order valence-electron chi connectivity index (χ4n) is 3.27. The molecule has 3 aromatic heterocycles. The van der Waals surface area contributed by atoms with E-state index in [-0.39, 0.29) is 10.8 Å². The third-order valence-electron chi connectivity index (χ3n) is 5.03. The summed E-state index contributed by atoms with van der Waals surface area (Å²) in [6.07, 6.45) is 4.59. The molecule has 182 valence electrons. The Morgan fingerprint density at radius 2 is 1.83 bits per heavy atom. The van der Waals surface area contributed by atoms with Gasteiger partial charge >= 0.3 is 0 Å². The van der Waals surface area contributed by atoms with E-state index < -0.39 is 10.0 Å². The van der Waals surface area contributed by atoms with Crippen LogP contribution in [0.25, 0.3) is 21.8 Å². The molecule has 0 amide bonds. The van der Waals surface area contributed by atoms with Gasteiger partial charge in [-0.15, -0.1) is 11.3 Å². The summed E-state index contributed by atoms with van der Waals surface area (Å²) in [4.78, 5) is 18.9. The molecular weight excluding hydrogens is 480 g/mol. The van der Waals surface area contributed by atoms with Crippen molar-refractivity contribution in [2.75, 3.05) is 16.6 Å². The normalized spacial score (nSPS) is 11.7. The van der Waals surface area contributed by atoms with Gasteiger partial charge in [-0.1, -0.05) is 39.8 Å².